The molecule has 1 fully saturated rings. The molecule has 3 rings (SSSR count). The molecular formula is C20H26BrN3O. The maximum atomic E-state index is 12.9. The molecule has 0 saturated carbocycles. The SMILES string of the molecule is Cc1nn(Cc2cccc(C(=O)N3CC(C)CC(C)C3)c2)c(C)c1Br. The van der Waals surface area contributed by atoms with Crippen LogP contribution in [0.4, 0.5) is 0 Å². The van der Waals surface area contributed by atoms with Crippen LogP contribution in [0.3, 0.4) is 0 Å². The first-order valence-corrected chi connectivity index (χ1v) is 9.72. The van der Waals surface area contributed by atoms with Crippen LogP contribution >= 0.6 is 15.9 Å². The number of aromatic nitrogens is 2. The Morgan fingerprint density at radius 1 is 1.24 bits per heavy atom. The summed E-state index contributed by atoms with van der Waals surface area (Å²) in [6.07, 6.45) is 1.20. The van der Waals surface area contributed by atoms with Gasteiger partial charge in [-0.25, -0.2) is 0 Å². The quantitative estimate of drug-likeness (QED) is 0.759. The lowest BCUT2D eigenvalue weighted by molar-refractivity contribution is 0.0623. The number of carbonyl (C=O) groups is 1. The molecule has 0 aliphatic carbocycles. The van der Waals surface area contributed by atoms with Crippen molar-refractivity contribution in [3.8, 4) is 0 Å². The fourth-order valence-corrected chi connectivity index (χ4v) is 4.10. The van der Waals surface area contributed by atoms with Crippen LogP contribution < -0.4 is 0 Å². The molecule has 1 aliphatic rings. The molecule has 2 unspecified atom stereocenters. The number of halogens is 1. The van der Waals surface area contributed by atoms with Gasteiger partial charge in [-0.1, -0.05) is 26.0 Å². The number of amides is 1. The minimum Gasteiger partial charge on any atom is -0.338 e. The summed E-state index contributed by atoms with van der Waals surface area (Å²) < 4.78 is 3.03. The van der Waals surface area contributed by atoms with E-state index in [0.29, 0.717) is 18.4 Å². The van der Waals surface area contributed by atoms with Gasteiger partial charge in [0.15, 0.2) is 0 Å². The van der Waals surface area contributed by atoms with Gasteiger partial charge in [0, 0.05) is 18.7 Å². The van der Waals surface area contributed by atoms with E-state index < -0.39 is 0 Å². The molecule has 0 radical (unpaired) electrons. The van der Waals surface area contributed by atoms with Crippen LogP contribution in [0.25, 0.3) is 0 Å². The third kappa shape index (κ3) is 3.97. The Kier molecular flexibility index (Phi) is 5.32. The molecule has 2 aromatic rings. The molecule has 1 amide bonds. The zero-order valence-corrected chi connectivity index (χ0v) is 17.0. The lowest BCUT2D eigenvalue weighted by atomic mass is 9.91. The predicted octanol–water partition coefficient (Wildman–Crippen LogP) is 4.43. The number of hydrogen-bond acceptors (Lipinski definition) is 2. The highest BCUT2D eigenvalue weighted by Crippen LogP contribution is 2.24. The Morgan fingerprint density at radius 2 is 1.92 bits per heavy atom. The predicted molar refractivity (Wildman–Crippen MR) is 104 cm³/mol. The van der Waals surface area contributed by atoms with Gasteiger partial charge in [-0.2, -0.15) is 5.10 Å². The molecule has 1 saturated heterocycles. The molecule has 25 heavy (non-hydrogen) atoms. The second-order valence-corrected chi connectivity index (χ2v) is 8.29. The van der Waals surface area contributed by atoms with E-state index in [-0.39, 0.29) is 5.91 Å². The lowest BCUT2D eigenvalue weighted by Gasteiger charge is -2.35. The van der Waals surface area contributed by atoms with Gasteiger partial charge >= 0.3 is 0 Å². The summed E-state index contributed by atoms with van der Waals surface area (Å²) in [6.45, 7) is 10.9. The molecule has 134 valence electrons. The Morgan fingerprint density at radius 3 is 2.52 bits per heavy atom. The molecule has 0 N–H and O–H groups in total. The van der Waals surface area contributed by atoms with Crippen LogP contribution in [0.5, 0.6) is 0 Å². The molecule has 0 bridgehead atoms. The number of piperidine rings is 1. The first-order chi connectivity index (χ1) is 11.8. The van der Waals surface area contributed by atoms with Crippen LogP contribution in [-0.2, 0) is 6.54 Å². The van der Waals surface area contributed by atoms with Crippen LogP contribution in [-0.4, -0.2) is 33.7 Å². The summed E-state index contributed by atoms with van der Waals surface area (Å²) in [5, 5.41) is 4.56. The van der Waals surface area contributed by atoms with Crippen molar-refractivity contribution in [2.75, 3.05) is 13.1 Å². The molecule has 0 spiro atoms. The van der Waals surface area contributed by atoms with Gasteiger partial charge in [0.1, 0.15) is 0 Å². The molecule has 1 aromatic carbocycles. The van der Waals surface area contributed by atoms with Crippen molar-refractivity contribution in [2.45, 2.75) is 40.7 Å². The van der Waals surface area contributed by atoms with E-state index in [0.717, 1.165) is 40.1 Å². The van der Waals surface area contributed by atoms with E-state index >= 15 is 0 Å². The summed E-state index contributed by atoms with van der Waals surface area (Å²) >= 11 is 3.57. The monoisotopic (exact) mass is 403 g/mol. The molecule has 5 heteroatoms. The van der Waals surface area contributed by atoms with E-state index in [9.17, 15) is 4.79 Å². The van der Waals surface area contributed by atoms with Crippen molar-refractivity contribution in [3.05, 3.63) is 51.3 Å². The first kappa shape index (κ1) is 18.2. The Labute approximate surface area is 158 Å². The highest BCUT2D eigenvalue weighted by Gasteiger charge is 2.26. The van der Waals surface area contributed by atoms with E-state index in [2.05, 4.69) is 47.9 Å². The van der Waals surface area contributed by atoms with Crippen LogP contribution in [0.15, 0.2) is 28.7 Å². The Hall–Kier alpha value is -1.62. The van der Waals surface area contributed by atoms with Crippen molar-refractivity contribution >= 4 is 21.8 Å². The first-order valence-electron chi connectivity index (χ1n) is 8.93. The summed E-state index contributed by atoms with van der Waals surface area (Å²) in [7, 11) is 0. The van der Waals surface area contributed by atoms with Gasteiger partial charge in [0.25, 0.3) is 5.91 Å². The van der Waals surface area contributed by atoms with Gasteiger partial charge in [0.05, 0.1) is 22.4 Å². The largest absolute Gasteiger partial charge is 0.338 e. The maximum absolute atomic E-state index is 12.9. The average molecular weight is 404 g/mol. The van der Waals surface area contributed by atoms with Crippen molar-refractivity contribution in [1.82, 2.24) is 14.7 Å². The maximum Gasteiger partial charge on any atom is 0.253 e. The van der Waals surface area contributed by atoms with E-state index in [1.165, 1.54) is 6.42 Å². The van der Waals surface area contributed by atoms with Gasteiger partial charge in [-0.15, -0.1) is 0 Å². The topological polar surface area (TPSA) is 38.1 Å². The third-order valence-electron chi connectivity index (χ3n) is 4.96. The van der Waals surface area contributed by atoms with E-state index in [1.807, 2.05) is 34.7 Å². The highest BCUT2D eigenvalue weighted by atomic mass is 79.9. The summed E-state index contributed by atoms with van der Waals surface area (Å²) in [6, 6.07) is 7.96. The van der Waals surface area contributed by atoms with Crippen molar-refractivity contribution in [3.63, 3.8) is 0 Å². The molecule has 2 heterocycles. The van der Waals surface area contributed by atoms with Gasteiger partial charge in [-0.05, 0) is 65.7 Å². The van der Waals surface area contributed by atoms with Gasteiger partial charge in [-0.3, -0.25) is 9.48 Å². The lowest BCUT2D eigenvalue weighted by Crippen LogP contribution is -2.42. The average Bonchev–Trinajstić information content (AvgIpc) is 2.80. The molecule has 1 aliphatic heterocycles. The Balaban J connectivity index is 1.79. The minimum atomic E-state index is 0.148. The second-order valence-electron chi connectivity index (χ2n) is 7.50. The zero-order chi connectivity index (χ0) is 18.1. The summed E-state index contributed by atoms with van der Waals surface area (Å²) in [5.41, 5.74) is 3.97. The molecule has 2 atom stereocenters. The minimum absolute atomic E-state index is 0.148. The fraction of sp³-hybridized carbons (Fsp3) is 0.500. The summed E-state index contributed by atoms with van der Waals surface area (Å²) in [4.78, 5) is 14.9. The summed E-state index contributed by atoms with van der Waals surface area (Å²) in [5.74, 6) is 1.29. The number of hydrogen-bond donors (Lipinski definition) is 0. The number of rotatable bonds is 3. The van der Waals surface area contributed by atoms with Crippen LogP contribution in [0.1, 0.15) is 47.6 Å². The number of carbonyl (C=O) groups excluding carboxylic acids is 1. The zero-order valence-electron chi connectivity index (χ0n) is 15.4. The molecule has 4 nitrogen and oxygen atoms in total. The van der Waals surface area contributed by atoms with Crippen molar-refractivity contribution in [1.29, 1.82) is 0 Å². The van der Waals surface area contributed by atoms with Gasteiger partial charge in [0.2, 0.25) is 0 Å². The van der Waals surface area contributed by atoms with Crippen molar-refractivity contribution < 1.29 is 4.79 Å². The van der Waals surface area contributed by atoms with Crippen LogP contribution in [0.2, 0.25) is 0 Å². The Bertz CT molecular complexity index is 773. The standard InChI is InChI=1S/C20H26BrN3O/c1-13-8-14(2)11-23(10-13)20(25)18-7-5-6-17(9-18)12-24-16(4)19(21)15(3)22-24/h5-7,9,13-14H,8,10-12H2,1-4H3. The molecule has 1 aromatic heterocycles. The normalized spacial score (nSPS) is 20.8. The number of nitrogens with zero attached hydrogens (tertiary/aromatic N) is 3. The number of likely N-dealkylation sites (tertiary alicyclic amines) is 1. The third-order valence-corrected chi connectivity index (χ3v) is 6.10. The number of benzene rings is 1. The second kappa shape index (κ2) is 7.32. The highest BCUT2D eigenvalue weighted by molar-refractivity contribution is 9.10. The number of aryl methyl sites for hydroxylation is 1. The fourth-order valence-electron chi connectivity index (χ4n) is 3.82. The van der Waals surface area contributed by atoms with Crippen LogP contribution in [0, 0.1) is 25.7 Å². The van der Waals surface area contributed by atoms with E-state index in [4.69, 9.17) is 0 Å². The van der Waals surface area contributed by atoms with Crippen molar-refractivity contribution in [2.24, 2.45) is 11.8 Å². The molecular weight excluding hydrogens is 378 g/mol. The van der Waals surface area contributed by atoms with Gasteiger partial charge < -0.3 is 4.90 Å². The van der Waals surface area contributed by atoms with E-state index in [1.54, 1.807) is 0 Å². The smallest absolute Gasteiger partial charge is 0.253 e.